The average molecular weight is 433 g/mol. The van der Waals surface area contributed by atoms with Crippen molar-refractivity contribution in [3.05, 3.63) is 58.7 Å². The molecule has 7 nitrogen and oxygen atoms in total. The smallest absolute Gasteiger partial charge is 0.339 e. The lowest BCUT2D eigenvalue weighted by Crippen LogP contribution is -2.04. The Kier molecular flexibility index (Phi) is 12.1. The lowest BCUT2D eigenvalue weighted by Gasteiger charge is -1.98. The molecule has 0 bridgehead atoms. The SMILES string of the molecule is C=CCCc1cc(C(=O)OCC)c(C)[nH]1.CCOC(=O)c1cc(CCCCO)[nH]c1C. The molecule has 2 aromatic rings. The number of unbranched alkanes of at least 4 members (excludes halogenated alkanes) is 1. The molecule has 0 amide bonds. The molecule has 2 rings (SSSR count). The quantitative estimate of drug-likeness (QED) is 0.277. The van der Waals surface area contributed by atoms with E-state index in [1.165, 1.54) is 0 Å². The Hall–Kier alpha value is -2.80. The Balaban J connectivity index is 0.000000311. The zero-order valence-electron chi connectivity index (χ0n) is 19.2. The number of rotatable bonds is 11. The number of carbonyl (C=O) groups is 2. The van der Waals surface area contributed by atoms with E-state index in [0.717, 1.165) is 54.9 Å². The van der Waals surface area contributed by atoms with Crippen LogP contribution in [-0.4, -0.2) is 46.8 Å². The van der Waals surface area contributed by atoms with E-state index in [9.17, 15) is 9.59 Å². The number of aliphatic hydroxyl groups excluding tert-OH is 1. The van der Waals surface area contributed by atoms with Gasteiger partial charge in [0.1, 0.15) is 0 Å². The second-order valence-electron chi connectivity index (χ2n) is 7.12. The largest absolute Gasteiger partial charge is 0.462 e. The first-order chi connectivity index (χ1) is 14.9. The minimum Gasteiger partial charge on any atom is -0.462 e. The number of hydrogen-bond acceptors (Lipinski definition) is 5. The van der Waals surface area contributed by atoms with Crippen LogP contribution >= 0.6 is 0 Å². The minimum absolute atomic E-state index is 0.213. The monoisotopic (exact) mass is 432 g/mol. The van der Waals surface area contributed by atoms with Crippen molar-refractivity contribution < 1.29 is 24.2 Å². The first kappa shape index (κ1) is 26.2. The molecule has 2 heterocycles. The Morgan fingerprint density at radius 2 is 1.42 bits per heavy atom. The Morgan fingerprint density at radius 1 is 0.935 bits per heavy atom. The van der Waals surface area contributed by atoms with E-state index in [-0.39, 0.29) is 18.5 Å². The van der Waals surface area contributed by atoms with E-state index in [4.69, 9.17) is 14.6 Å². The van der Waals surface area contributed by atoms with Gasteiger partial charge in [0.05, 0.1) is 24.3 Å². The molecular formula is C24H36N2O5. The fourth-order valence-corrected chi connectivity index (χ4v) is 3.05. The van der Waals surface area contributed by atoms with Crippen LogP contribution in [-0.2, 0) is 22.3 Å². The highest BCUT2D eigenvalue weighted by atomic mass is 16.5. The van der Waals surface area contributed by atoms with Crippen LogP contribution in [0.5, 0.6) is 0 Å². The van der Waals surface area contributed by atoms with Crippen LogP contribution in [0.2, 0.25) is 0 Å². The third-order valence-electron chi connectivity index (χ3n) is 4.60. The van der Waals surface area contributed by atoms with Gasteiger partial charge in [0.25, 0.3) is 0 Å². The zero-order valence-corrected chi connectivity index (χ0v) is 19.2. The molecule has 2 aromatic heterocycles. The van der Waals surface area contributed by atoms with Crippen LogP contribution < -0.4 is 0 Å². The molecule has 0 aromatic carbocycles. The van der Waals surface area contributed by atoms with Crippen molar-refractivity contribution in [2.45, 2.75) is 59.8 Å². The lowest BCUT2D eigenvalue weighted by molar-refractivity contribution is 0.0516. The number of ether oxygens (including phenoxy) is 2. The third-order valence-corrected chi connectivity index (χ3v) is 4.60. The molecular weight excluding hydrogens is 396 g/mol. The molecule has 0 radical (unpaired) electrons. The summed E-state index contributed by atoms with van der Waals surface area (Å²) in [4.78, 5) is 29.3. The molecule has 0 atom stereocenters. The van der Waals surface area contributed by atoms with Crippen LogP contribution in [0.4, 0.5) is 0 Å². The summed E-state index contributed by atoms with van der Waals surface area (Å²) in [7, 11) is 0. The summed E-state index contributed by atoms with van der Waals surface area (Å²) in [5.41, 5.74) is 5.03. The van der Waals surface area contributed by atoms with Gasteiger partial charge in [-0.1, -0.05) is 6.08 Å². The van der Waals surface area contributed by atoms with Gasteiger partial charge >= 0.3 is 11.9 Å². The van der Waals surface area contributed by atoms with Gasteiger partial charge in [-0.15, -0.1) is 6.58 Å². The number of aromatic amines is 2. The second-order valence-corrected chi connectivity index (χ2v) is 7.12. The molecule has 0 saturated heterocycles. The molecule has 3 N–H and O–H groups in total. The summed E-state index contributed by atoms with van der Waals surface area (Å²) < 4.78 is 9.90. The van der Waals surface area contributed by atoms with Crippen molar-refractivity contribution in [2.75, 3.05) is 19.8 Å². The normalized spacial score (nSPS) is 10.2. The zero-order chi connectivity index (χ0) is 23.2. The van der Waals surface area contributed by atoms with Crippen molar-refractivity contribution in [1.82, 2.24) is 9.97 Å². The summed E-state index contributed by atoms with van der Waals surface area (Å²) in [5.74, 6) is -0.527. The summed E-state index contributed by atoms with van der Waals surface area (Å²) in [6.07, 6.45) is 6.19. The fourth-order valence-electron chi connectivity index (χ4n) is 3.05. The fraction of sp³-hybridized carbons (Fsp3) is 0.500. The predicted molar refractivity (Wildman–Crippen MR) is 122 cm³/mol. The summed E-state index contributed by atoms with van der Waals surface area (Å²) in [6, 6.07) is 3.70. The minimum atomic E-state index is -0.273. The van der Waals surface area contributed by atoms with Gasteiger partial charge in [-0.2, -0.15) is 0 Å². The molecule has 0 fully saturated rings. The van der Waals surface area contributed by atoms with Crippen molar-refractivity contribution >= 4 is 11.9 Å². The number of aliphatic hydroxyl groups is 1. The number of nitrogens with one attached hydrogen (secondary N) is 2. The molecule has 172 valence electrons. The second kappa shape index (κ2) is 14.2. The molecule has 0 saturated carbocycles. The predicted octanol–water partition coefficient (Wildman–Crippen LogP) is 4.43. The van der Waals surface area contributed by atoms with Crippen LogP contribution in [0.25, 0.3) is 0 Å². The number of carbonyl (C=O) groups excluding carboxylic acids is 2. The molecule has 31 heavy (non-hydrogen) atoms. The van der Waals surface area contributed by atoms with Gasteiger partial charge in [-0.25, -0.2) is 9.59 Å². The highest BCUT2D eigenvalue weighted by molar-refractivity contribution is 5.91. The van der Waals surface area contributed by atoms with E-state index in [0.29, 0.717) is 24.3 Å². The number of H-pyrrole nitrogens is 2. The molecule has 7 heteroatoms. The first-order valence-corrected chi connectivity index (χ1v) is 10.8. The Labute approximate surface area is 184 Å². The molecule has 0 spiro atoms. The van der Waals surface area contributed by atoms with E-state index < -0.39 is 0 Å². The van der Waals surface area contributed by atoms with Crippen molar-refractivity contribution in [1.29, 1.82) is 0 Å². The van der Waals surface area contributed by atoms with E-state index in [1.807, 2.05) is 32.1 Å². The highest BCUT2D eigenvalue weighted by Gasteiger charge is 2.14. The molecule has 0 aliphatic heterocycles. The van der Waals surface area contributed by atoms with E-state index in [2.05, 4.69) is 16.5 Å². The summed E-state index contributed by atoms with van der Waals surface area (Å²) >= 11 is 0. The summed E-state index contributed by atoms with van der Waals surface area (Å²) in [6.45, 7) is 12.0. The molecule has 0 aliphatic carbocycles. The topological polar surface area (TPSA) is 104 Å². The van der Waals surface area contributed by atoms with E-state index >= 15 is 0 Å². The van der Waals surface area contributed by atoms with Gasteiger partial charge < -0.3 is 24.5 Å². The van der Waals surface area contributed by atoms with E-state index in [1.54, 1.807) is 13.8 Å². The molecule has 0 aliphatic rings. The highest BCUT2D eigenvalue weighted by Crippen LogP contribution is 2.14. The van der Waals surface area contributed by atoms with Gasteiger partial charge in [0, 0.05) is 29.4 Å². The first-order valence-electron chi connectivity index (χ1n) is 10.8. The average Bonchev–Trinajstić information content (AvgIpc) is 3.29. The van der Waals surface area contributed by atoms with Crippen LogP contribution in [0.1, 0.15) is 76.6 Å². The van der Waals surface area contributed by atoms with Crippen molar-refractivity contribution in [3.8, 4) is 0 Å². The maximum absolute atomic E-state index is 11.5. The van der Waals surface area contributed by atoms with Crippen LogP contribution in [0.3, 0.4) is 0 Å². The summed E-state index contributed by atoms with van der Waals surface area (Å²) in [5, 5.41) is 8.68. The number of hydrogen-bond donors (Lipinski definition) is 3. The van der Waals surface area contributed by atoms with Crippen LogP contribution in [0.15, 0.2) is 24.8 Å². The number of allylic oxidation sites excluding steroid dienone is 1. The Bertz CT molecular complexity index is 835. The van der Waals surface area contributed by atoms with Gasteiger partial charge in [0.15, 0.2) is 0 Å². The standard InChI is InChI=1S/C12H19NO3.C12H17NO2/c1-3-16-12(15)11-8-10(13-9(11)2)6-4-5-7-14;1-4-6-7-10-8-11(9(3)13-10)12(14)15-5-2/h8,13-14H,3-7H2,1-2H3;4,8,13H,1,5-7H2,2-3H3. The number of aromatic nitrogens is 2. The number of aryl methyl sites for hydroxylation is 4. The van der Waals surface area contributed by atoms with Gasteiger partial charge in [-0.3, -0.25) is 0 Å². The van der Waals surface area contributed by atoms with Gasteiger partial charge in [-0.05, 0) is 71.9 Å². The van der Waals surface area contributed by atoms with Crippen molar-refractivity contribution in [3.63, 3.8) is 0 Å². The lowest BCUT2D eigenvalue weighted by atomic mass is 10.2. The maximum Gasteiger partial charge on any atom is 0.339 e. The molecule has 0 unspecified atom stereocenters. The Morgan fingerprint density at radius 3 is 1.84 bits per heavy atom. The van der Waals surface area contributed by atoms with Crippen LogP contribution in [0, 0.1) is 13.8 Å². The third kappa shape index (κ3) is 8.84. The van der Waals surface area contributed by atoms with Gasteiger partial charge in [0.2, 0.25) is 0 Å². The van der Waals surface area contributed by atoms with Crippen molar-refractivity contribution in [2.24, 2.45) is 0 Å². The maximum atomic E-state index is 11.5. The number of esters is 2.